The fourth-order valence-electron chi connectivity index (χ4n) is 1.15. The molecule has 80 valence electrons. The first kappa shape index (κ1) is 10.4. The molecule has 0 bridgehead atoms. The maximum atomic E-state index is 5.49. The zero-order valence-electron chi connectivity index (χ0n) is 8.40. The standard InChI is InChI=1S/C9H10BrN3O2/c1-3-7(10)9-13-12-8(14-9)6-4-11-15-5(6)2/h4,7H,3H2,1-2H3. The van der Waals surface area contributed by atoms with Crippen molar-refractivity contribution in [2.24, 2.45) is 0 Å². The van der Waals surface area contributed by atoms with Gasteiger partial charge in [-0.15, -0.1) is 10.2 Å². The van der Waals surface area contributed by atoms with E-state index in [0.29, 0.717) is 17.5 Å². The number of rotatable bonds is 3. The Morgan fingerprint density at radius 1 is 1.47 bits per heavy atom. The third kappa shape index (κ3) is 1.94. The Morgan fingerprint density at radius 3 is 2.87 bits per heavy atom. The number of halogens is 1. The smallest absolute Gasteiger partial charge is 0.252 e. The topological polar surface area (TPSA) is 65.0 Å². The van der Waals surface area contributed by atoms with Crippen LogP contribution in [0.1, 0.15) is 29.8 Å². The molecule has 0 spiro atoms. The molecule has 2 aromatic rings. The summed E-state index contributed by atoms with van der Waals surface area (Å²) in [5.74, 6) is 1.70. The lowest BCUT2D eigenvalue weighted by atomic mass is 10.3. The molecule has 0 aliphatic heterocycles. The second-order valence-corrected chi connectivity index (χ2v) is 4.22. The van der Waals surface area contributed by atoms with Gasteiger partial charge in [-0.2, -0.15) is 0 Å². The predicted molar refractivity (Wildman–Crippen MR) is 56.5 cm³/mol. The van der Waals surface area contributed by atoms with Crippen LogP contribution in [0.15, 0.2) is 15.1 Å². The monoisotopic (exact) mass is 271 g/mol. The molecule has 0 aliphatic rings. The Balaban J connectivity index is 2.32. The minimum Gasteiger partial charge on any atom is -0.419 e. The number of nitrogens with zero attached hydrogens (tertiary/aromatic N) is 3. The Kier molecular flexibility index (Phi) is 2.86. The normalized spacial score (nSPS) is 13.0. The van der Waals surface area contributed by atoms with Crippen molar-refractivity contribution in [3.63, 3.8) is 0 Å². The molecule has 0 aliphatic carbocycles. The maximum Gasteiger partial charge on any atom is 0.252 e. The lowest BCUT2D eigenvalue weighted by Crippen LogP contribution is -1.86. The number of hydrogen-bond acceptors (Lipinski definition) is 5. The third-order valence-electron chi connectivity index (χ3n) is 2.05. The predicted octanol–water partition coefficient (Wildman–Crippen LogP) is 2.88. The molecule has 0 aromatic carbocycles. The van der Waals surface area contributed by atoms with Crippen molar-refractivity contribution in [3.05, 3.63) is 17.8 Å². The molecule has 0 radical (unpaired) electrons. The van der Waals surface area contributed by atoms with Crippen molar-refractivity contribution in [3.8, 4) is 11.5 Å². The van der Waals surface area contributed by atoms with Gasteiger partial charge in [-0.1, -0.05) is 28.0 Å². The lowest BCUT2D eigenvalue weighted by Gasteiger charge is -1.97. The number of aromatic nitrogens is 3. The Labute approximate surface area is 95.0 Å². The average Bonchev–Trinajstić information content (AvgIpc) is 2.84. The fraction of sp³-hybridized carbons (Fsp3) is 0.444. The first-order valence-electron chi connectivity index (χ1n) is 4.61. The SMILES string of the molecule is CCC(Br)c1nnc(-c2cnoc2C)o1. The van der Waals surface area contributed by atoms with Gasteiger partial charge in [-0.25, -0.2) is 0 Å². The van der Waals surface area contributed by atoms with Crippen LogP contribution in [0, 0.1) is 6.92 Å². The van der Waals surface area contributed by atoms with Crippen LogP contribution in [0.2, 0.25) is 0 Å². The summed E-state index contributed by atoms with van der Waals surface area (Å²) in [6.45, 7) is 3.84. The molecule has 0 saturated carbocycles. The summed E-state index contributed by atoms with van der Waals surface area (Å²) in [7, 11) is 0. The van der Waals surface area contributed by atoms with Crippen LogP contribution in [0.25, 0.3) is 11.5 Å². The van der Waals surface area contributed by atoms with Crippen molar-refractivity contribution in [2.45, 2.75) is 25.1 Å². The molecule has 5 nitrogen and oxygen atoms in total. The molecule has 1 unspecified atom stereocenters. The molecule has 15 heavy (non-hydrogen) atoms. The summed E-state index contributed by atoms with van der Waals surface area (Å²) in [5.41, 5.74) is 0.740. The molecule has 1 atom stereocenters. The van der Waals surface area contributed by atoms with E-state index in [0.717, 1.165) is 12.0 Å². The highest BCUT2D eigenvalue weighted by Gasteiger charge is 2.17. The molecule has 0 amide bonds. The van der Waals surface area contributed by atoms with Gasteiger partial charge in [-0.3, -0.25) is 0 Å². The highest BCUT2D eigenvalue weighted by atomic mass is 79.9. The average molecular weight is 272 g/mol. The van der Waals surface area contributed by atoms with E-state index in [-0.39, 0.29) is 4.83 Å². The van der Waals surface area contributed by atoms with Gasteiger partial charge in [-0.05, 0) is 13.3 Å². The second kappa shape index (κ2) is 4.14. The van der Waals surface area contributed by atoms with Gasteiger partial charge >= 0.3 is 0 Å². The molecular formula is C9H10BrN3O2. The van der Waals surface area contributed by atoms with Crippen molar-refractivity contribution >= 4 is 15.9 Å². The van der Waals surface area contributed by atoms with Crippen molar-refractivity contribution in [1.82, 2.24) is 15.4 Å². The number of hydrogen-bond donors (Lipinski definition) is 0. The van der Waals surface area contributed by atoms with Crippen LogP contribution in [-0.2, 0) is 0 Å². The van der Waals surface area contributed by atoms with Crippen LogP contribution in [0.3, 0.4) is 0 Å². The van der Waals surface area contributed by atoms with Crippen LogP contribution in [-0.4, -0.2) is 15.4 Å². The highest BCUT2D eigenvalue weighted by molar-refractivity contribution is 9.09. The van der Waals surface area contributed by atoms with Gasteiger partial charge in [0.2, 0.25) is 5.89 Å². The van der Waals surface area contributed by atoms with E-state index in [1.165, 1.54) is 0 Å². The van der Waals surface area contributed by atoms with Gasteiger partial charge in [0.25, 0.3) is 5.89 Å². The zero-order chi connectivity index (χ0) is 10.8. The van der Waals surface area contributed by atoms with E-state index in [4.69, 9.17) is 8.94 Å². The second-order valence-electron chi connectivity index (χ2n) is 3.12. The Morgan fingerprint density at radius 2 is 2.27 bits per heavy atom. The van der Waals surface area contributed by atoms with E-state index in [1.54, 1.807) is 13.1 Å². The zero-order valence-corrected chi connectivity index (χ0v) is 9.98. The Bertz CT molecular complexity index is 452. The lowest BCUT2D eigenvalue weighted by molar-refractivity contribution is 0.397. The summed E-state index contributed by atoms with van der Waals surface area (Å²) in [5, 5.41) is 11.6. The van der Waals surface area contributed by atoms with Crippen LogP contribution in [0.5, 0.6) is 0 Å². The maximum absolute atomic E-state index is 5.49. The van der Waals surface area contributed by atoms with Crippen molar-refractivity contribution in [1.29, 1.82) is 0 Å². The summed E-state index contributed by atoms with van der Waals surface area (Å²) < 4.78 is 10.4. The highest BCUT2D eigenvalue weighted by Crippen LogP contribution is 2.28. The molecule has 0 N–H and O–H groups in total. The summed E-state index contributed by atoms with van der Waals surface area (Å²) in [4.78, 5) is 0.0962. The van der Waals surface area contributed by atoms with Gasteiger partial charge in [0.1, 0.15) is 11.3 Å². The molecule has 0 saturated heterocycles. The first-order chi connectivity index (χ1) is 7.22. The number of aryl methyl sites for hydroxylation is 1. The quantitative estimate of drug-likeness (QED) is 0.804. The van der Waals surface area contributed by atoms with Crippen LogP contribution < -0.4 is 0 Å². The molecular weight excluding hydrogens is 262 g/mol. The van der Waals surface area contributed by atoms with E-state index in [2.05, 4.69) is 31.3 Å². The van der Waals surface area contributed by atoms with Crippen molar-refractivity contribution in [2.75, 3.05) is 0 Å². The summed E-state index contributed by atoms with van der Waals surface area (Å²) in [6.07, 6.45) is 2.46. The summed E-state index contributed by atoms with van der Waals surface area (Å²) in [6, 6.07) is 0. The third-order valence-corrected chi connectivity index (χ3v) is 3.09. The largest absolute Gasteiger partial charge is 0.419 e. The van der Waals surface area contributed by atoms with E-state index >= 15 is 0 Å². The number of alkyl halides is 1. The van der Waals surface area contributed by atoms with E-state index in [9.17, 15) is 0 Å². The van der Waals surface area contributed by atoms with Gasteiger partial charge in [0.15, 0.2) is 0 Å². The minimum atomic E-state index is 0.0962. The molecule has 2 rings (SSSR count). The fourth-order valence-corrected chi connectivity index (χ4v) is 1.33. The molecule has 2 heterocycles. The van der Waals surface area contributed by atoms with Gasteiger partial charge < -0.3 is 8.94 Å². The summed E-state index contributed by atoms with van der Waals surface area (Å²) >= 11 is 3.44. The Hall–Kier alpha value is -1.17. The van der Waals surface area contributed by atoms with E-state index in [1.807, 2.05) is 6.92 Å². The molecule has 6 heteroatoms. The van der Waals surface area contributed by atoms with Crippen molar-refractivity contribution < 1.29 is 8.94 Å². The first-order valence-corrected chi connectivity index (χ1v) is 5.53. The van der Waals surface area contributed by atoms with Crippen LogP contribution in [0.4, 0.5) is 0 Å². The van der Waals surface area contributed by atoms with Gasteiger partial charge in [0.05, 0.1) is 11.0 Å². The molecule has 2 aromatic heterocycles. The van der Waals surface area contributed by atoms with E-state index < -0.39 is 0 Å². The molecule has 0 fully saturated rings. The minimum absolute atomic E-state index is 0.0962. The van der Waals surface area contributed by atoms with Gasteiger partial charge in [0, 0.05) is 0 Å². The van der Waals surface area contributed by atoms with Crippen LogP contribution >= 0.6 is 15.9 Å².